The maximum atomic E-state index is 11.8. The van der Waals surface area contributed by atoms with Crippen LogP contribution in [0.5, 0.6) is 0 Å². The zero-order valence-corrected chi connectivity index (χ0v) is 9.81. The van der Waals surface area contributed by atoms with E-state index in [9.17, 15) is 4.79 Å². The summed E-state index contributed by atoms with van der Waals surface area (Å²) in [6.45, 7) is 2.87. The van der Waals surface area contributed by atoms with Gasteiger partial charge in [0.05, 0.1) is 6.54 Å². The summed E-state index contributed by atoms with van der Waals surface area (Å²) in [5, 5.41) is 7.53. The van der Waals surface area contributed by atoms with Gasteiger partial charge in [0.25, 0.3) is 5.91 Å². The van der Waals surface area contributed by atoms with Crippen LogP contribution in [0.3, 0.4) is 0 Å². The molecule has 0 spiro atoms. The Hall–Kier alpha value is -1.12. The van der Waals surface area contributed by atoms with Gasteiger partial charge in [-0.25, -0.2) is 0 Å². The topological polar surface area (TPSA) is 46.1 Å². The fraction of sp³-hybridized carbons (Fsp3) is 0.444. The average Bonchev–Trinajstić information content (AvgIpc) is 2.63. The van der Waals surface area contributed by atoms with Crippen LogP contribution in [0.2, 0.25) is 4.47 Å². The van der Waals surface area contributed by atoms with Crippen LogP contribution >= 0.6 is 22.9 Å². The monoisotopic (exact) mass is 243 g/mol. The third kappa shape index (κ3) is 3.18. The van der Waals surface area contributed by atoms with Crippen molar-refractivity contribution in [2.45, 2.75) is 13.3 Å². The Balaban J connectivity index is 2.76. The molecule has 0 aliphatic heterocycles. The van der Waals surface area contributed by atoms with E-state index in [2.05, 4.69) is 16.1 Å². The molecule has 1 heterocycles. The summed E-state index contributed by atoms with van der Waals surface area (Å²) in [6, 6.07) is 0. The lowest BCUT2D eigenvalue weighted by Gasteiger charge is -2.17. The number of nitrogens with zero attached hydrogens (tertiary/aromatic N) is 3. The van der Waals surface area contributed by atoms with Gasteiger partial charge >= 0.3 is 0 Å². The fourth-order valence-electron chi connectivity index (χ4n) is 1.06. The standard InChI is InChI=1S/C9H10ClN3OS/c1-3-5-13(6-4-2)8(14)7-11-12-9(10)15-7/h1H,4-6H2,2H3. The molecule has 0 saturated carbocycles. The van der Waals surface area contributed by atoms with Crippen molar-refractivity contribution in [3.8, 4) is 12.3 Å². The number of aromatic nitrogens is 2. The van der Waals surface area contributed by atoms with Crippen LogP contribution in [0.15, 0.2) is 0 Å². The largest absolute Gasteiger partial charge is 0.325 e. The molecule has 4 nitrogen and oxygen atoms in total. The van der Waals surface area contributed by atoms with E-state index in [1.54, 1.807) is 4.90 Å². The lowest BCUT2D eigenvalue weighted by molar-refractivity contribution is 0.0775. The molecule has 0 fully saturated rings. The molecule has 1 rings (SSSR count). The highest BCUT2D eigenvalue weighted by Crippen LogP contribution is 2.16. The molecular formula is C9H10ClN3OS. The lowest BCUT2D eigenvalue weighted by atomic mass is 10.4. The van der Waals surface area contributed by atoms with Crippen molar-refractivity contribution in [1.29, 1.82) is 0 Å². The maximum Gasteiger partial charge on any atom is 0.285 e. The van der Waals surface area contributed by atoms with Crippen molar-refractivity contribution < 1.29 is 4.79 Å². The molecule has 0 unspecified atom stereocenters. The van der Waals surface area contributed by atoms with Crippen LogP contribution in [0.1, 0.15) is 23.1 Å². The molecule has 0 N–H and O–H groups in total. The molecule has 80 valence electrons. The van der Waals surface area contributed by atoms with Crippen LogP contribution in [-0.2, 0) is 0 Å². The minimum absolute atomic E-state index is 0.209. The molecule has 0 radical (unpaired) electrons. The second kappa shape index (κ2) is 5.69. The first-order valence-corrected chi connectivity index (χ1v) is 5.60. The van der Waals surface area contributed by atoms with Gasteiger partial charge in [-0.1, -0.05) is 24.2 Å². The predicted molar refractivity (Wildman–Crippen MR) is 59.9 cm³/mol. The summed E-state index contributed by atoms with van der Waals surface area (Å²) in [5.74, 6) is 2.23. The van der Waals surface area contributed by atoms with E-state index >= 15 is 0 Å². The van der Waals surface area contributed by atoms with Gasteiger partial charge in [0.15, 0.2) is 0 Å². The van der Waals surface area contributed by atoms with Crippen molar-refractivity contribution in [3.05, 3.63) is 9.47 Å². The first kappa shape index (κ1) is 12.0. The Kier molecular flexibility index (Phi) is 4.53. The van der Waals surface area contributed by atoms with Crippen molar-refractivity contribution >= 4 is 28.8 Å². The molecule has 0 aliphatic rings. The quantitative estimate of drug-likeness (QED) is 0.756. The Bertz CT molecular complexity index is 385. The van der Waals surface area contributed by atoms with E-state index in [4.69, 9.17) is 18.0 Å². The first-order valence-electron chi connectivity index (χ1n) is 4.40. The SMILES string of the molecule is C#CCN(CCC)C(=O)c1nnc(Cl)s1. The molecule has 1 aromatic heterocycles. The van der Waals surface area contributed by atoms with Gasteiger partial charge in [0, 0.05) is 6.54 Å². The van der Waals surface area contributed by atoms with Gasteiger partial charge < -0.3 is 4.90 Å². The Morgan fingerprint density at radius 2 is 2.40 bits per heavy atom. The Morgan fingerprint density at radius 3 is 2.87 bits per heavy atom. The van der Waals surface area contributed by atoms with Gasteiger partial charge in [-0.15, -0.1) is 16.6 Å². The number of hydrogen-bond acceptors (Lipinski definition) is 4. The van der Waals surface area contributed by atoms with E-state index < -0.39 is 0 Å². The van der Waals surface area contributed by atoms with E-state index in [1.165, 1.54) is 0 Å². The summed E-state index contributed by atoms with van der Waals surface area (Å²) in [5.41, 5.74) is 0. The van der Waals surface area contributed by atoms with Gasteiger partial charge in [-0.3, -0.25) is 4.79 Å². The van der Waals surface area contributed by atoms with E-state index in [1.807, 2.05) is 6.92 Å². The first-order chi connectivity index (χ1) is 7.19. The zero-order valence-electron chi connectivity index (χ0n) is 8.23. The molecule has 0 bridgehead atoms. The molecule has 15 heavy (non-hydrogen) atoms. The molecule has 0 aromatic carbocycles. The molecule has 0 atom stereocenters. The van der Waals surface area contributed by atoms with Gasteiger partial charge in [-0.05, 0) is 18.0 Å². The molecule has 0 aliphatic carbocycles. The van der Waals surface area contributed by atoms with E-state index in [-0.39, 0.29) is 21.9 Å². The highest BCUT2D eigenvalue weighted by molar-refractivity contribution is 7.17. The highest BCUT2D eigenvalue weighted by Gasteiger charge is 2.18. The van der Waals surface area contributed by atoms with Gasteiger partial charge in [0.1, 0.15) is 0 Å². The van der Waals surface area contributed by atoms with E-state index in [0.717, 1.165) is 17.8 Å². The Labute approximate surface area is 97.3 Å². The van der Waals surface area contributed by atoms with Gasteiger partial charge in [-0.2, -0.15) is 0 Å². The molecular weight excluding hydrogens is 234 g/mol. The number of hydrogen-bond donors (Lipinski definition) is 0. The van der Waals surface area contributed by atoms with Crippen LogP contribution in [0.4, 0.5) is 0 Å². The summed E-state index contributed by atoms with van der Waals surface area (Å²) in [4.78, 5) is 13.4. The average molecular weight is 244 g/mol. The van der Waals surface area contributed by atoms with Crippen LogP contribution in [0, 0.1) is 12.3 Å². The summed E-state index contributed by atoms with van der Waals surface area (Å²) in [7, 11) is 0. The minimum atomic E-state index is -0.209. The summed E-state index contributed by atoms with van der Waals surface area (Å²) in [6.07, 6.45) is 6.03. The van der Waals surface area contributed by atoms with Crippen LogP contribution < -0.4 is 0 Å². The summed E-state index contributed by atoms with van der Waals surface area (Å²) >= 11 is 6.66. The number of halogens is 1. The number of amides is 1. The lowest BCUT2D eigenvalue weighted by Crippen LogP contribution is -2.32. The molecule has 1 amide bonds. The number of carbonyl (C=O) groups excluding carboxylic acids is 1. The zero-order chi connectivity index (χ0) is 11.3. The van der Waals surface area contributed by atoms with Crippen molar-refractivity contribution in [3.63, 3.8) is 0 Å². The van der Waals surface area contributed by atoms with Crippen molar-refractivity contribution in [2.24, 2.45) is 0 Å². The Morgan fingerprint density at radius 1 is 1.67 bits per heavy atom. The molecule has 0 saturated heterocycles. The third-order valence-electron chi connectivity index (χ3n) is 1.65. The maximum absolute atomic E-state index is 11.8. The number of rotatable bonds is 4. The van der Waals surface area contributed by atoms with Crippen LogP contribution in [0.25, 0.3) is 0 Å². The predicted octanol–water partition coefficient (Wildman–Crippen LogP) is 1.68. The third-order valence-corrected chi connectivity index (χ3v) is 2.65. The smallest absolute Gasteiger partial charge is 0.285 e. The van der Waals surface area contributed by atoms with Crippen molar-refractivity contribution in [2.75, 3.05) is 13.1 Å². The van der Waals surface area contributed by atoms with Crippen molar-refractivity contribution in [1.82, 2.24) is 15.1 Å². The summed E-state index contributed by atoms with van der Waals surface area (Å²) < 4.78 is 0.260. The normalized spacial score (nSPS) is 9.67. The molecule has 1 aromatic rings. The fourth-order valence-corrected chi connectivity index (χ4v) is 1.86. The van der Waals surface area contributed by atoms with E-state index in [0.29, 0.717) is 6.54 Å². The van der Waals surface area contributed by atoms with Gasteiger partial charge in [0.2, 0.25) is 9.47 Å². The number of carbonyl (C=O) groups is 1. The highest BCUT2D eigenvalue weighted by atomic mass is 35.5. The van der Waals surface area contributed by atoms with Crippen LogP contribution in [-0.4, -0.2) is 34.1 Å². The second-order valence-electron chi connectivity index (χ2n) is 2.79. The number of terminal acetylenes is 1. The minimum Gasteiger partial charge on any atom is -0.325 e. The molecule has 6 heteroatoms. The second-order valence-corrected chi connectivity index (χ2v) is 4.35.